The molecular weight excluding hydrogens is 1070 g/mol. The van der Waals surface area contributed by atoms with Gasteiger partial charge in [0.2, 0.25) is 47.3 Å². The van der Waals surface area contributed by atoms with E-state index in [1.54, 1.807) is 0 Å². The number of ether oxygens (including phenoxy) is 1. The van der Waals surface area contributed by atoms with Gasteiger partial charge in [-0.2, -0.15) is 0 Å². The van der Waals surface area contributed by atoms with Gasteiger partial charge in [0.15, 0.2) is 24.2 Å². The predicted molar refractivity (Wildman–Crippen MR) is 281 cm³/mol. The molecule has 0 aromatic carbocycles. The molecule has 3 saturated heterocycles. The van der Waals surface area contributed by atoms with Gasteiger partial charge in [-0.05, 0) is 52.4 Å². The minimum absolute atomic E-state index is 0.0713. The number of aliphatic imine (C=N–C) groups is 1. The average Bonchev–Trinajstić information content (AvgIpc) is 4.02. The van der Waals surface area contributed by atoms with Crippen molar-refractivity contribution in [3.05, 3.63) is 0 Å². The Morgan fingerprint density at radius 2 is 1.10 bits per heavy atom. The second-order valence-electron chi connectivity index (χ2n) is 20.6. The maximum Gasteiger partial charge on any atom is 0.335 e. The third-order valence-electron chi connectivity index (χ3n) is 14.1. The molecule has 3 fully saturated rings. The van der Waals surface area contributed by atoms with Crippen LogP contribution in [-0.2, 0) is 57.5 Å². The molecule has 0 spiro atoms. The fourth-order valence-electron chi connectivity index (χ4n) is 9.62. The van der Waals surface area contributed by atoms with Crippen molar-refractivity contribution in [2.75, 3.05) is 26.2 Å². The number of rotatable bonds is 22. The highest BCUT2D eigenvalue weighted by Crippen LogP contribution is 2.23. The summed E-state index contributed by atoms with van der Waals surface area (Å²) >= 11 is 0. The number of unbranched alkanes of at least 4 members (excludes halogenated alkanes) is 10. The first-order chi connectivity index (χ1) is 38.2. The lowest BCUT2D eigenvalue weighted by Crippen LogP contribution is -2.64. The van der Waals surface area contributed by atoms with Gasteiger partial charge >= 0.3 is 17.9 Å². The topological polar surface area (TPSA) is 502 Å². The maximum atomic E-state index is 14.1. The van der Waals surface area contributed by atoms with Crippen LogP contribution in [0, 0.1) is 0 Å². The van der Waals surface area contributed by atoms with E-state index in [4.69, 9.17) is 16.2 Å². The summed E-state index contributed by atoms with van der Waals surface area (Å²) in [6.07, 6.45) is -3.89. The number of nitrogens with one attached hydrogen (secondary N) is 6. The van der Waals surface area contributed by atoms with E-state index in [0.29, 0.717) is 17.7 Å². The van der Waals surface area contributed by atoms with Gasteiger partial charge in [0.25, 0.3) is 0 Å². The number of fused-ring (bicyclic) bond motifs is 2. The van der Waals surface area contributed by atoms with Crippen molar-refractivity contribution in [2.24, 2.45) is 16.5 Å². The highest BCUT2D eigenvalue weighted by atomic mass is 16.5. The van der Waals surface area contributed by atoms with E-state index in [0.717, 1.165) is 69.6 Å². The Hall–Kier alpha value is -6.80. The normalized spacial score (nSPS) is 28.3. The van der Waals surface area contributed by atoms with E-state index in [-0.39, 0.29) is 44.7 Å². The minimum Gasteiger partial charge on any atom is -0.479 e. The molecule has 3 heterocycles. The van der Waals surface area contributed by atoms with Crippen molar-refractivity contribution in [2.45, 2.75) is 215 Å². The number of hydrogen-bond acceptors (Lipinski definition) is 19. The van der Waals surface area contributed by atoms with Crippen molar-refractivity contribution in [1.82, 2.24) is 41.7 Å². The van der Waals surface area contributed by atoms with Gasteiger partial charge in [0.1, 0.15) is 48.4 Å². The largest absolute Gasteiger partial charge is 0.479 e. The number of hydrogen-bond donors (Lipinski definition) is 16. The second-order valence-corrected chi connectivity index (χ2v) is 20.6. The fraction of sp³-hybridized carbons (Fsp3) is 0.760. The summed E-state index contributed by atoms with van der Waals surface area (Å²) in [5, 5.41) is 97.3. The van der Waals surface area contributed by atoms with E-state index in [2.05, 4.69) is 27.9 Å². The fourth-order valence-corrected chi connectivity index (χ4v) is 9.62. The van der Waals surface area contributed by atoms with Crippen molar-refractivity contribution in [1.29, 1.82) is 0 Å². The van der Waals surface area contributed by atoms with E-state index in [9.17, 15) is 93.6 Å². The number of aliphatic carboxylic acids is 2. The molecule has 81 heavy (non-hydrogen) atoms. The molecule has 458 valence electrons. The van der Waals surface area contributed by atoms with Crippen molar-refractivity contribution >= 4 is 71.1 Å². The van der Waals surface area contributed by atoms with Gasteiger partial charge in [-0.3, -0.25) is 43.3 Å². The Morgan fingerprint density at radius 3 is 1.62 bits per heavy atom. The molecule has 0 unspecified atom stereocenters. The molecule has 31 nitrogen and oxygen atoms in total. The number of amides is 8. The number of cyclic esters (lactones) is 1. The number of carboxylic acid groups (broad SMARTS) is 2. The van der Waals surface area contributed by atoms with Gasteiger partial charge in [0.05, 0.1) is 31.3 Å². The molecule has 0 bridgehead atoms. The van der Waals surface area contributed by atoms with Crippen LogP contribution < -0.4 is 43.4 Å². The molecule has 31 heteroatoms. The summed E-state index contributed by atoms with van der Waals surface area (Å²) in [6, 6.07) is -16.2. The molecule has 0 radical (unpaired) electrons. The van der Waals surface area contributed by atoms with Crippen LogP contribution in [0.3, 0.4) is 0 Å². The third-order valence-corrected chi connectivity index (χ3v) is 14.1. The summed E-state index contributed by atoms with van der Waals surface area (Å²) in [5.74, 6) is -16.3. The van der Waals surface area contributed by atoms with Crippen LogP contribution >= 0.6 is 0 Å². The lowest BCUT2D eigenvalue weighted by Gasteiger charge is -2.32. The average molecular weight is 1160 g/mol. The number of nitrogens with zero attached hydrogens (tertiary/aromatic N) is 3. The zero-order valence-electron chi connectivity index (χ0n) is 45.9. The number of guanidine groups is 1. The van der Waals surface area contributed by atoms with Gasteiger partial charge in [0, 0.05) is 19.6 Å². The highest BCUT2D eigenvalue weighted by molar-refractivity contribution is 6.00. The number of carbonyl (C=O) groups excluding carboxylic acids is 9. The molecule has 3 aliphatic rings. The van der Waals surface area contributed by atoms with E-state index in [1.807, 2.05) is 16.0 Å². The molecule has 0 saturated carbocycles. The van der Waals surface area contributed by atoms with Crippen molar-refractivity contribution < 1.29 is 98.3 Å². The molecule has 0 aromatic rings. The van der Waals surface area contributed by atoms with Gasteiger partial charge < -0.3 is 98.8 Å². The Bertz CT molecular complexity index is 2220. The van der Waals surface area contributed by atoms with E-state index >= 15 is 0 Å². The Morgan fingerprint density at radius 1 is 0.617 bits per heavy atom. The van der Waals surface area contributed by atoms with E-state index in [1.165, 1.54) is 6.92 Å². The first kappa shape index (κ1) is 68.5. The summed E-state index contributed by atoms with van der Waals surface area (Å²) in [6.45, 7) is 2.14. The van der Waals surface area contributed by atoms with Gasteiger partial charge in [-0.25, -0.2) is 14.4 Å². The van der Waals surface area contributed by atoms with Gasteiger partial charge in [-0.15, -0.1) is 0 Å². The predicted octanol–water partition coefficient (Wildman–Crippen LogP) is -5.83. The third kappa shape index (κ3) is 20.9. The van der Waals surface area contributed by atoms with Crippen LogP contribution in [0.2, 0.25) is 0 Å². The number of carboxylic acids is 2. The lowest BCUT2D eigenvalue weighted by atomic mass is 10.0. The highest BCUT2D eigenvalue weighted by Gasteiger charge is 2.48. The Kier molecular flexibility index (Phi) is 28.6. The quantitative estimate of drug-likeness (QED) is 0.0208. The zero-order chi connectivity index (χ0) is 60.7. The summed E-state index contributed by atoms with van der Waals surface area (Å²) in [7, 11) is 0. The number of carbonyl (C=O) groups is 11. The van der Waals surface area contributed by atoms with Crippen LogP contribution in [-0.4, -0.2) is 233 Å². The van der Waals surface area contributed by atoms with Crippen LogP contribution in [0.4, 0.5) is 0 Å². The standard InChI is InChI=1S/C50H83N11O20/c1-4-5-6-7-8-9-10-11-12-13-14-16-27-23-32(66)57-33(26(3)63)41(70)54-25(2)45(74)60-21-18-30(64)36(60)43(72)55-28(17-15-20-53-50(51)52)40(69)58-34(38(67)47(76)77)42(71)56-29(24-62)46(75)61-22-19-31(65)37(61)44(73)59-35(49(80)81-27)39(68)48(78)79/h25-31,33-39,62-65,67-68H,4-24H2,1-3H3,(H,54,70)(H,55,72)(H,56,71)(H,57,66)(H,58,69)(H,59,73)(H,76,77)(H,78,79)(H4,51,52,53)/t25-,26+,27+,28-,29+,30-,31+,33-,34+,35-,36-,37+,38-,39+/m0/s1. The number of aliphatic hydroxyl groups is 6. The van der Waals surface area contributed by atoms with Crippen LogP contribution in [0.15, 0.2) is 4.99 Å². The molecule has 14 atom stereocenters. The van der Waals surface area contributed by atoms with Gasteiger partial charge in [-0.1, -0.05) is 71.1 Å². The molecule has 0 aliphatic carbocycles. The first-order valence-electron chi connectivity index (χ1n) is 27.4. The van der Waals surface area contributed by atoms with Crippen LogP contribution in [0.5, 0.6) is 0 Å². The number of aliphatic hydroxyl groups excluding tert-OH is 6. The molecule has 3 aliphatic heterocycles. The molecule has 0 aromatic heterocycles. The van der Waals surface area contributed by atoms with Crippen LogP contribution in [0.25, 0.3) is 0 Å². The van der Waals surface area contributed by atoms with Crippen LogP contribution in [0.1, 0.15) is 130 Å². The lowest BCUT2D eigenvalue weighted by molar-refractivity contribution is -0.165. The molecule has 8 amide bonds. The Balaban J connectivity index is 2.12. The second kappa shape index (κ2) is 33.8. The zero-order valence-corrected chi connectivity index (χ0v) is 45.9. The smallest absolute Gasteiger partial charge is 0.335 e. The molecule has 3 rings (SSSR count). The van der Waals surface area contributed by atoms with Crippen molar-refractivity contribution in [3.63, 3.8) is 0 Å². The monoisotopic (exact) mass is 1160 g/mol. The number of esters is 1. The van der Waals surface area contributed by atoms with E-state index < -0.39 is 176 Å². The SMILES string of the molecule is CCCCCCCCCCCCC[C@@H]1CC(=O)N[C@@H]([C@@H](C)O)C(=O)N[C@@H](C)C(=O)N2CC[C@H](O)[C@H]2C(=O)N[C@@H](CCCN=C(N)N)C(=O)N[C@H]([C@H](O)C(=O)O)C(=O)N[C@H](CO)C(=O)N2CC[C@@H](O)[C@@H]2C(=O)N[C@@H]([C@@H](O)C(=O)O)C(=O)O1. The van der Waals surface area contributed by atoms with Crippen molar-refractivity contribution in [3.8, 4) is 0 Å². The Labute approximate surface area is 467 Å². The number of nitrogens with two attached hydrogens (primary N) is 2. The first-order valence-corrected chi connectivity index (χ1v) is 27.4. The maximum absolute atomic E-state index is 14.1. The summed E-state index contributed by atoms with van der Waals surface area (Å²) in [4.78, 5) is 155. The molecule has 18 N–H and O–H groups in total. The summed E-state index contributed by atoms with van der Waals surface area (Å²) < 4.78 is 5.60. The minimum atomic E-state index is -2.81. The molecular formula is C50H83N11O20. The summed E-state index contributed by atoms with van der Waals surface area (Å²) in [5.41, 5.74) is 10.8.